The van der Waals surface area contributed by atoms with Gasteiger partial charge in [0.15, 0.2) is 23.3 Å². The summed E-state index contributed by atoms with van der Waals surface area (Å²) in [6, 6.07) is -0.0618. The smallest absolute Gasteiger partial charge is 0.208 e. The molecule has 0 atom stereocenters. The lowest BCUT2D eigenvalue weighted by atomic mass is 10.3. The zero-order valence-corrected chi connectivity index (χ0v) is 7.09. The van der Waals surface area contributed by atoms with Crippen LogP contribution in [0, 0.1) is 29.1 Å². The Labute approximate surface area is 80.1 Å². The summed E-state index contributed by atoms with van der Waals surface area (Å²) in [6.45, 7) is 0. The summed E-state index contributed by atoms with van der Waals surface area (Å²) in [6.07, 6.45) is 0. The van der Waals surface area contributed by atoms with Gasteiger partial charge in [0.2, 0.25) is 11.6 Å². The molecule has 0 bridgehead atoms. The maximum atomic E-state index is 12.0. The molecule has 78 valence electrons. The predicted octanol–water partition coefficient (Wildman–Crippen LogP) is 2.80. The summed E-state index contributed by atoms with van der Waals surface area (Å²) in [7, 11) is 0. The van der Waals surface area contributed by atoms with Crippen molar-refractivity contribution in [2.24, 2.45) is 0 Å². The average molecular weight is 233 g/mol. The molecule has 7 heteroatoms. The van der Waals surface area contributed by atoms with E-state index >= 15 is 0 Å². The van der Waals surface area contributed by atoms with E-state index in [1.54, 1.807) is 0 Å². The first-order chi connectivity index (χ1) is 6.45. The van der Waals surface area contributed by atoms with Gasteiger partial charge in [0.05, 0.1) is 0 Å². The van der Waals surface area contributed by atoms with Crippen molar-refractivity contribution < 1.29 is 26.7 Å². The van der Waals surface area contributed by atoms with Crippen LogP contribution in [0.5, 0.6) is 0 Å². The molecule has 1 nitrogen and oxygen atoms in total. The summed E-state index contributed by atoms with van der Waals surface area (Å²) < 4.78 is 60.0. The fourth-order valence-electron chi connectivity index (χ4n) is 0.544. The second kappa shape index (κ2) is 5.54. The van der Waals surface area contributed by atoms with Crippen LogP contribution in [0.4, 0.5) is 22.0 Å². The lowest BCUT2D eigenvalue weighted by Gasteiger charge is -1.96. The van der Waals surface area contributed by atoms with Crippen molar-refractivity contribution >= 4 is 17.3 Å². The highest BCUT2D eigenvalue weighted by Crippen LogP contribution is 2.16. The quantitative estimate of drug-likeness (QED) is 0.221. The lowest BCUT2D eigenvalue weighted by molar-refractivity contribution is 0.378. The number of hydrogen-bond donors (Lipinski definition) is 0. The Morgan fingerprint density at radius 2 is 1.21 bits per heavy atom. The van der Waals surface area contributed by atoms with Crippen LogP contribution in [0.3, 0.4) is 0 Å². The average Bonchev–Trinajstić information content (AvgIpc) is 2.13. The molecule has 0 N–H and O–H groups in total. The van der Waals surface area contributed by atoms with E-state index < -0.39 is 29.1 Å². The minimum absolute atomic E-state index is 0.0618. The Hall–Kier alpha value is -1.17. The summed E-state index contributed by atoms with van der Waals surface area (Å²) in [4.78, 5) is 8.57. The van der Waals surface area contributed by atoms with Crippen molar-refractivity contribution in [1.82, 2.24) is 0 Å². The molecule has 0 aliphatic rings. The van der Waals surface area contributed by atoms with Crippen molar-refractivity contribution in [3.05, 3.63) is 35.2 Å². The fraction of sp³-hybridized carbons (Fsp3) is 0. The molecule has 14 heavy (non-hydrogen) atoms. The topological polar surface area (TPSA) is 17.1 Å². The molecule has 0 saturated carbocycles. The Balaban J connectivity index is 0.000000500. The minimum atomic E-state index is -2.14. The fourth-order valence-corrected chi connectivity index (χ4v) is 0.544. The van der Waals surface area contributed by atoms with Gasteiger partial charge in [0.1, 0.15) is 0 Å². The molecular formula is C7H2ClF5O. The predicted molar refractivity (Wildman–Crippen MR) is 38.8 cm³/mol. The number of hydrogen-bond acceptors (Lipinski definition) is 1. The molecule has 1 aromatic carbocycles. The first kappa shape index (κ1) is 12.8. The number of carbonyl (C=O) groups is 1. The van der Waals surface area contributed by atoms with Crippen LogP contribution in [0.1, 0.15) is 0 Å². The van der Waals surface area contributed by atoms with Crippen LogP contribution in [0.2, 0.25) is 0 Å². The Morgan fingerprint density at radius 1 is 0.929 bits per heavy atom. The molecule has 0 aromatic heterocycles. The van der Waals surface area contributed by atoms with Gasteiger partial charge in [0, 0.05) is 6.07 Å². The van der Waals surface area contributed by atoms with Gasteiger partial charge in [-0.1, -0.05) is 0 Å². The van der Waals surface area contributed by atoms with Crippen molar-refractivity contribution in [1.29, 1.82) is 0 Å². The summed E-state index contributed by atoms with van der Waals surface area (Å²) >= 11 is 4.32. The zero-order chi connectivity index (χ0) is 11.3. The minimum Gasteiger partial charge on any atom is -0.285 e. The Morgan fingerprint density at radius 3 is 1.50 bits per heavy atom. The molecule has 0 heterocycles. The van der Waals surface area contributed by atoms with E-state index in [0.717, 1.165) is 0 Å². The van der Waals surface area contributed by atoms with Gasteiger partial charge < -0.3 is 0 Å². The van der Waals surface area contributed by atoms with Crippen LogP contribution in [-0.4, -0.2) is 5.75 Å². The largest absolute Gasteiger partial charge is 0.285 e. The molecule has 0 unspecified atom stereocenters. The maximum Gasteiger partial charge on any atom is 0.208 e. The molecule has 0 amide bonds. The second-order valence-corrected chi connectivity index (χ2v) is 2.05. The van der Waals surface area contributed by atoms with Gasteiger partial charge in [-0.3, -0.25) is 4.79 Å². The van der Waals surface area contributed by atoms with Gasteiger partial charge in [0.25, 0.3) is 0 Å². The van der Waals surface area contributed by atoms with E-state index in [1.807, 2.05) is 0 Å². The van der Waals surface area contributed by atoms with Crippen molar-refractivity contribution in [2.45, 2.75) is 0 Å². The molecule has 0 aliphatic carbocycles. The Bertz CT molecular complexity index is 315. The highest BCUT2D eigenvalue weighted by molar-refractivity contribution is 6.54. The second-order valence-electron chi connectivity index (χ2n) is 1.87. The van der Waals surface area contributed by atoms with E-state index in [9.17, 15) is 22.0 Å². The summed E-state index contributed by atoms with van der Waals surface area (Å²) in [5.74, 6) is -9.43. The van der Waals surface area contributed by atoms with Crippen LogP contribution >= 0.6 is 11.6 Å². The van der Waals surface area contributed by atoms with E-state index in [2.05, 4.69) is 11.6 Å². The third kappa shape index (κ3) is 2.95. The first-order valence-electron chi connectivity index (χ1n) is 2.98. The molecule has 0 aliphatic heterocycles. The van der Waals surface area contributed by atoms with E-state index in [0.29, 0.717) is 0 Å². The van der Waals surface area contributed by atoms with Crippen LogP contribution in [0.25, 0.3) is 0 Å². The maximum absolute atomic E-state index is 12.0. The molecular weight excluding hydrogens is 231 g/mol. The summed E-state index contributed by atoms with van der Waals surface area (Å²) in [5, 5.41) is 0. The molecule has 0 radical (unpaired) electrons. The number of rotatable bonds is 0. The Kier molecular flexibility index (Phi) is 5.07. The molecule has 0 fully saturated rings. The van der Waals surface area contributed by atoms with Crippen LogP contribution < -0.4 is 0 Å². The standard InChI is InChI=1S/C6HF5.CHClO/c7-2-1-3(8)5(10)6(11)4(2)9;2-1-3/h1H;1H. The SMILES string of the molecule is Fc1cc(F)c(F)c(F)c1F.O=CCl. The third-order valence-corrected chi connectivity index (χ3v) is 1.06. The lowest BCUT2D eigenvalue weighted by Crippen LogP contribution is -1.98. The molecule has 1 aromatic rings. The highest BCUT2D eigenvalue weighted by Gasteiger charge is 2.18. The van der Waals surface area contributed by atoms with Crippen molar-refractivity contribution in [3.63, 3.8) is 0 Å². The van der Waals surface area contributed by atoms with Gasteiger partial charge in [-0.25, -0.2) is 22.0 Å². The number of carbonyl (C=O) groups excluding carboxylic acids is 1. The van der Waals surface area contributed by atoms with E-state index in [4.69, 9.17) is 4.79 Å². The highest BCUT2D eigenvalue weighted by atomic mass is 35.5. The zero-order valence-electron chi connectivity index (χ0n) is 6.33. The number of halogens is 6. The number of benzene rings is 1. The van der Waals surface area contributed by atoms with Gasteiger partial charge in [-0.05, 0) is 11.6 Å². The van der Waals surface area contributed by atoms with Crippen molar-refractivity contribution in [2.75, 3.05) is 0 Å². The van der Waals surface area contributed by atoms with Crippen molar-refractivity contribution in [3.8, 4) is 0 Å². The van der Waals surface area contributed by atoms with Crippen LogP contribution in [-0.2, 0) is 4.79 Å². The molecule has 0 saturated heterocycles. The summed E-state index contributed by atoms with van der Waals surface area (Å²) in [5.41, 5.74) is 0. The monoisotopic (exact) mass is 232 g/mol. The molecule has 1 rings (SSSR count). The molecule has 0 spiro atoms. The van der Waals surface area contributed by atoms with Crippen LogP contribution in [0.15, 0.2) is 6.07 Å². The van der Waals surface area contributed by atoms with Gasteiger partial charge in [-0.2, -0.15) is 0 Å². The van der Waals surface area contributed by atoms with Gasteiger partial charge >= 0.3 is 0 Å². The first-order valence-corrected chi connectivity index (χ1v) is 3.41. The van der Waals surface area contributed by atoms with Gasteiger partial charge in [-0.15, -0.1) is 0 Å². The van der Waals surface area contributed by atoms with E-state index in [1.165, 1.54) is 0 Å². The normalized spacial score (nSPS) is 9.00. The van der Waals surface area contributed by atoms with E-state index in [-0.39, 0.29) is 11.8 Å². The third-order valence-electron chi connectivity index (χ3n) is 1.06.